The molecule has 0 bridgehead atoms. The molecule has 24 heavy (non-hydrogen) atoms. The van der Waals surface area contributed by atoms with Crippen molar-refractivity contribution in [2.24, 2.45) is 0 Å². The summed E-state index contributed by atoms with van der Waals surface area (Å²) in [5.74, 6) is 1.35. The first-order valence-electron chi connectivity index (χ1n) is 7.77. The number of hydrogen-bond donors (Lipinski definition) is 2. The molecule has 0 atom stereocenters. The van der Waals surface area contributed by atoms with Gasteiger partial charge in [-0.3, -0.25) is 4.98 Å². The fourth-order valence-electron chi connectivity index (χ4n) is 2.23. The average Bonchev–Trinajstić information content (AvgIpc) is 2.66. The van der Waals surface area contributed by atoms with Crippen LogP contribution in [0.15, 0.2) is 73.6 Å². The summed E-state index contributed by atoms with van der Waals surface area (Å²) in [6.07, 6.45) is 5.34. The van der Waals surface area contributed by atoms with E-state index in [0.717, 1.165) is 22.6 Å². The van der Waals surface area contributed by atoms with Crippen LogP contribution < -0.4 is 10.6 Å². The van der Waals surface area contributed by atoms with E-state index in [1.54, 1.807) is 18.5 Å². The molecule has 0 saturated carbocycles. The summed E-state index contributed by atoms with van der Waals surface area (Å²) >= 11 is 0. The van der Waals surface area contributed by atoms with Gasteiger partial charge in [0.05, 0.1) is 5.69 Å². The topological polar surface area (TPSA) is 62.7 Å². The maximum Gasteiger partial charge on any atom is 0.225 e. The minimum absolute atomic E-state index is 0.577. The minimum Gasteiger partial charge on any atom is -0.366 e. The monoisotopic (exact) mass is 317 g/mol. The summed E-state index contributed by atoms with van der Waals surface area (Å²) in [5.41, 5.74) is 3.06. The van der Waals surface area contributed by atoms with Gasteiger partial charge in [0.2, 0.25) is 5.95 Å². The van der Waals surface area contributed by atoms with Gasteiger partial charge < -0.3 is 10.6 Å². The van der Waals surface area contributed by atoms with Gasteiger partial charge in [0.15, 0.2) is 0 Å². The first kappa shape index (κ1) is 15.7. The number of pyridine rings is 1. The van der Waals surface area contributed by atoms with Gasteiger partial charge in [-0.15, -0.1) is 6.58 Å². The van der Waals surface area contributed by atoms with Gasteiger partial charge >= 0.3 is 0 Å². The molecule has 0 aliphatic carbocycles. The molecule has 0 fully saturated rings. The normalized spacial score (nSPS) is 10.2. The van der Waals surface area contributed by atoms with Crippen LogP contribution in [0.1, 0.15) is 5.56 Å². The van der Waals surface area contributed by atoms with E-state index in [-0.39, 0.29) is 0 Å². The van der Waals surface area contributed by atoms with Gasteiger partial charge in [-0.05, 0) is 17.7 Å². The Kier molecular flexibility index (Phi) is 5.14. The largest absolute Gasteiger partial charge is 0.366 e. The first-order valence-corrected chi connectivity index (χ1v) is 7.77. The molecule has 3 aromatic rings. The zero-order valence-corrected chi connectivity index (χ0v) is 13.3. The van der Waals surface area contributed by atoms with Gasteiger partial charge in [0.25, 0.3) is 0 Å². The predicted molar refractivity (Wildman–Crippen MR) is 97.7 cm³/mol. The molecule has 1 aromatic carbocycles. The number of aromatic nitrogens is 3. The van der Waals surface area contributed by atoms with Gasteiger partial charge in [0, 0.05) is 37.1 Å². The van der Waals surface area contributed by atoms with Crippen LogP contribution in [-0.2, 0) is 6.54 Å². The maximum atomic E-state index is 4.58. The lowest BCUT2D eigenvalue weighted by Crippen LogP contribution is -2.08. The molecule has 0 spiro atoms. The van der Waals surface area contributed by atoms with E-state index >= 15 is 0 Å². The van der Waals surface area contributed by atoms with E-state index in [1.807, 2.05) is 48.5 Å². The number of nitrogens with one attached hydrogen (secondary N) is 2. The molecule has 120 valence electrons. The third-order valence-electron chi connectivity index (χ3n) is 3.42. The molecule has 0 aliphatic rings. The molecule has 0 aliphatic heterocycles. The molecule has 0 unspecified atom stereocenters. The van der Waals surface area contributed by atoms with Crippen LogP contribution >= 0.6 is 0 Å². The highest BCUT2D eigenvalue weighted by molar-refractivity contribution is 5.64. The van der Waals surface area contributed by atoms with Crippen molar-refractivity contribution in [3.8, 4) is 11.3 Å². The fraction of sp³-hybridized carbons (Fsp3) is 0.105. The lowest BCUT2D eigenvalue weighted by Gasteiger charge is -2.11. The number of hydrogen-bond acceptors (Lipinski definition) is 5. The quantitative estimate of drug-likeness (QED) is 0.650. The number of benzene rings is 1. The van der Waals surface area contributed by atoms with Crippen molar-refractivity contribution >= 4 is 11.8 Å². The zero-order chi connectivity index (χ0) is 16.6. The van der Waals surface area contributed by atoms with Gasteiger partial charge in [-0.1, -0.05) is 36.4 Å². The summed E-state index contributed by atoms with van der Waals surface area (Å²) in [5, 5.41) is 6.50. The van der Waals surface area contributed by atoms with Crippen molar-refractivity contribution in [1.82, 2.24) is 15.0 Å². The van der Waals surface area contributed by atoms with E-state index in [4.69, 9.17) is 0 Å². The van der Waals surface area contributed by atoms with Crippen molar-refractivity contribution < 1.29 is 0 Å². The molecular formula is C19H19N5. The summed E-state index contributed by atoms with van der Waals surface area (Å²) in [4.78, 5) is 13.1. The van der Waals surface area contributed by atoms with Gasteiger partial charge in [-0.2, -0.15) is 4.98 Å². The summed E-state index contributed by atoms with van der Waals surface area (Å²) in [6.45, 7) is 5.00. The fourth-order valence-corrected chi connectivity index (χ4v) is 2.23. The van der Waals surface area contributed by atoms with Crippen molar-refractivity contribution in [1.29, 1.82) is 0 Å². The molecule has 5 heteroatoms. The molecule has 2 heterocycles. The second kappa shape index (κ2) is 7.87. The summed E-state index contributed by atoms with van der Waals surface area (Å²) in [6, 6.07) is 16.0. The van der Waals surface area contributed by atoms with Crippen LogP contribution in [0.3, 0.4) is 0 Å². The van der Waals surface area contributed by atoms with E-state index < -0.39 is 0 Å². The highest BCUT2D eigenvalue weighted by atomic mass is 15.1. The standard InChI is InChI=1S/C19H19N5/c1-2-10-21-19-23-17(16-6-4-3-5-7-16)13-18(24-19)22-14-15-8-11-20-12-9-15/h2-9,11-13H,1,10,14H2,(H2,21,22,23,24). The van der Waals surface area contributed by atoms with Crippen LogP contribution in [0.25, 0.3) is 11.3 Å². The Bertz CT molecular complexity index is 787. The number of anilines is 2. The highest BCUT2D eigenvalue weighted by Gasteiger charge is 2.06. The third-order valence-corrected chi connectivity index (χ3v) is 3.42. The Morgan fingerprint density at radius 2 is 1.75 bits per heavy atom. The molecule has 0 saturated heterocycles. The van der Waals surface area contributed by atoms with Crippen LogP contribution in [0.5, 0.6) is 0 Å². The molecule has 0 radical (unpaired) electrons. The Morgan fingerprint density at radius 1 is 0.958 bits per heavy atom. The molecule has 2 N–H and O–H groups in total. The molecule has 2 aromatic heterocycles. The van der Waals surface area contributed by atoms with Crippen LogP contribution in [0.4, 0.5) is 11.8 Å². The second-order valence-corrected chi connectivity index (χ2v) is 5.21. The Labute approximate surface area is 141 Å². The van der Waals surface area contributed by atoms with E-state index in [1.165, 1.54) is 0 Å². The molecule has 0 amide bonds. The number of rotatable bonds is 7. The van der Waals surface area contributed by atoms with Crippen molar-refractivity contribution in [3.05, 3.63) is 79.1 Å². The van der Waals surface area contributed by atoms with Gasteiger partial charge in [-0.25, -0.2) is 4.98 Å². The molecule has 3 rings (SSSR count). The van der Waals surface area contributed by atoms with Crippen LogP contribution in [0, 0.1) is 0 Å². The smallest absolute Gasteiger partial charge is 0.225 e. The lowest BCUT2D eigenvalue weighted by atomic mass is 10.1. The van der Waals surface area contributed by atoms with Crippen LogP contribution in [-0.4, -0.2) is 21.5 Å². The Morgan fingerprint density at radius 3 is 2.50 bits per heavy atom. The first-order chi connectivity index (χ1) is 11.8. The van der Waals surface area contributed by atoms with E-state index in [2.05, 4.69) is 32.2 Å². The van der Waals surface area contributed by atoms with Crippen molar-refractivity contribution in [2.45, 2.75) is 6.54 Å². The number of nitrogens with zero attached hydrogens (tertiary/aromatic N) is 3. The van der Waals surface area contributed by atoms with Crippen molar-refractivity contribution in [3.63, 3.8) is 0 Å². The summed E-state index contributed by atoms with van der Waals surface area (Å²) < 4.78 is 0. The van der Waals surface area contributed by atoms with Gasteiger partial charge in [0.1, 0.15) is 5.82 Å². The zero-order valence-electron chi connectivity index (χ0n) is 13.3. The third kappa shape index (κ3) is 4.16. The second-order valence-electron chi connectivity index (χ2n) is 5.21. The maximum absolute atomic E-state index is 4.58. The molecular weight excluding hydrogens is 298 g/mol. The van der Waals surface area contributed by atoms with Crippen LogP contribution in [0.2, 0.25) is 0 Å². The van der Waals surface area contributed by atoms with E-state index in [9.17, 15) is 0 Å². The Balaban J connectivity index is 1.85. The van der Waals surface area contributed by atoms with Crippen molar-refractivity contribution in [2.75, 3.05) is 17.2 Å². The lowest BCUT2D eigenvalue weighted by molar-refractivity contribution is 1.06. The Hall–Kier alpha value is -3.21. The predicted octanol–water partition coefficient (Wildman–Crippen LogP) is 3.75. The highest BCUT2D eigenvalue weighted by Crippen LogP contribution is 2.21. The minimum atomic E-state index is 0.577. The molecule has 5 nitrogen and oxygen atoms in total. The average molecular weight is 317 g/mol. The summed E-state index contributed by atoms with van der Waals surface area (Å²) in [7, 11) is 0. The SMILES string of the molecule is C=CCNc1nc(NCc2ccncc2)cc(-c2ccccc2)n1. The van der Waals surface area contributed by atoms with E-state index in [0.29, 0.717) is 19.0 Å².